The molecule has 152 valence electrons. The molecule has 0 amide bonds. The van der Waals surface area contributed by atoms with E-state index in [1.165, 1.54) is 23.1 Å². The molecule has 0 saturated carbocycles. The molecule has 3 aromatic rings. The highest BCUT2D eigenvalue weighted by atomic mass is 35.5. The van der Waals surface area contributed by atoms with Crippen LogP contribution in [0.15, 0.2) is 46.2 Å². The molecule has 3 rings (SSSR count). The third-order valence-electron chi connectivity index (χ3n) is 3.99. The van der Waals surface area contributed by atoms with Crippen LogP contribution in [0.2, 0.25) is 10.0 Å². The Hall–Kier alpha value is -1.80. The number of rotatable bonds is 8. The number of thiazole rings is 1. The zero-order valence-corrected chi connectivity index (χ0v) is 18.8. The standard InChI is InChI=1S/C20H18Cl2N2O3S2/c1-20(2,18(25)26)29-19-24-14(11-28-19)7-8-27-17-6-4-13(10-23-17)12-3-5-15(21)16(22)9-12/h3-6,9-11H,7-8H2,1-2H3,(H,25,26). The Bertz CT molecular complexity index is 1010. The smallest absolute Gasteiger partial charge is 0.319 e. The number of carbonyl (C=O) groups is 1. The van der Waals surface area contributed by atoms with Crippen LogP contribution in [0.1, 0.15) is 19.5 Å². The van der Waals surface area contributed by atoms with Crippen LogP contribution in [0.4, 0.5) is 0 Å². The van der Waals surface area contributed by atoms with Crippen LogP contribution in [0.3, 0.4) is 0 Å². The van der Waals surface area contributed by atoms with Gasteiger partial charge in [-0.2, -0.15) is 0 Å². The summed E-state index contributed by atoms with van der Waals surface area (Å²) < 4.78 is 5.52. The summed E-state index contributed by atoms with van der Waals surface area (Å²) in [6.07, 6.45) is 2.33. The van der Waals surface area contributed by atoms with Gasteiger partial charge in [0.2, 0.25) is 5.88 Å². The zero-order valence-electron chi connectivity index (χ0n) is 15.7. The molecule has 0 aliphatic rings. The van der Waals surface area contributed by atoms with Crippen molar-refractivity contribution in [2.24, 2.45) is 0 Å². The van der Waals surface area contributed by atoms with E-state index in [1.807, 2.05) is 17.5 Å². The van der Waals surface area contributed by atoms with Gasteiger partial charge in [0.25, 0.3) is 0 Å². The maximum absolute atomic E-state index is 11.2. The van der Waals surface area contributed by atoms with E-state index in [1.54, 1.807) is 38.2 Å². The number of ether oxygens (including phenoxy) is 1. The van der Waals surface area contributed by atoms with Gasteiger partial charge in [-0.3, -0.25) is 4.79 Å². The molecular weight excluding hydrogens is 451 g/mol. The number of hydrogen-bond acceptors (Lipinski definition) is 6. The van der Waals surface area contributed by atoms with Gasteiger partial charge in [0.1, 0.15) is 4.75 Å². The van der Waals surface area contributed by atoms with Gasteiger partial charge < -0.3 is 9.84 Å². The quantitative estimate of drug-likeness (QED) is 0.403. The van der Waals surface area contributed by atoms with E-state index >= 15 is 0 Å². The fourth-order valence-corrected chi connectivity index (χ4v) is 4.81. The number of benzene rings is 1. The highest BCUT2D eigenvalue weighted by Gasteiger charge is 2.29. The number of aromatic nitrogens is 2. The van der Waals surface area contributed by atoms with Crippen molar-refractivity contribution in [1.82, 2.24) is 9.97 Å². The lowest BCUT2D eigenvalue weighted by Crippen LogP contribution is -2.26. The highest BCUT2D eigenvalue weighted by Crippen LogP contribution is 2.34. The van der Waals surface area contributed by atoms with Crippen LogP contribution in [0.5, 0.6) is 5.88 Å². The Balaban J connectivity index is 1.53. The number of nitrogens with zero attached hydrogens (tertiary/aromatic N) is 2. The van der Waals surface area contributed by atoms with Crippen molar-refractivity contribution in [3.8, 4) is 17.0 Å². The molecule has 0 saturated heterocycles. The summed E-state index contributed by atoms with van der Waals surface area (Å²) in [6.45, 7) is 3.75. The van der Waals surface area contributed by atoms with E-state index in [0.717, 1.165) is 21.2 Å². The minimum absolute atomic E-state index is 0.426. The predicted octanol–water partition coefficient (Wildman–Crippen LogP) is 6.09. The van der Waals surface area contributed by atoms with E-state index in [2.05, 4.69) is 9.97 Å². The molecule has 1 N–H and O–H groups in total. The third-order valence-corrected chi connectivity index (χ3v) is 6.90. The largest absolute Gasteiger partial charge is 0.480 e. The fraction of sp³-hybridized carbons (Fsp3) is 0.250. The molecule has 0 fully saturated rings. The van der Waals surface area contributed by atoms with Crippen LogP contribution in [0.25, 0.3) is 11.1 Å². The van der Waals surface area contributed by atoms with Gasteiger partial charge >= 0.3 is 5.97 Å². The second-order valence-corrected chi connectivity index (χ2v) is 10.2. The maximum Gasteiger partial charge on any atom is 0.319 e. The van der Waals surface area contributed by atoms with Gasteiger partial charge in [0, 0.05) is 29.6 Å². The molecular formula is C20H18Cl2N2O3S2. The van der Waals surface area contributed by atoms with Crippen LogP contribution >= 0.6 is 46.3 Å². The molecule has 29 heavy (non-hydrogen) atoms. The molecule has 2 heterocycles. The molecule has 9 heteroatoms. The summed E-state index contributed by atoms with van der Waals surface area (Å²) in [6, 6.07) is 9.14. The molecule has 1 aromatic carbocycles. The number of hydrogen-bond donors (Lipinski definition) is 1. The van der Waals surface area contributed by atoms with Gasteiger partial charge in [0.05, 0.1) is 22.3 Å². The van der Waals surface area contributed by atoms with Gasteiger partial charge in [0.15, 0.2) is 4.34 Å². The fourth-order valence-electron chi connectivity index (χ4n) is 2.28. The molecule has 0 radical (unpaired) electrons. The summed E-state index contributed by atoms with van der Waals surface area (Å²) in [5, 5.41) is 12.1. The van der Waals surface area contributed by atoms with Crippen LogP contribution in [-0.2, 0) is 11.2 Å². The van der Waals surface area contributed by atoms with Gasteiger partial charge in [-0.05, 0) is 37.6 Å². The Labute approximate surface area is 187 Å². The number of pyridine rings is 1. The van der Waals surface area contributed by atoms with E-state index in [9.17, 15) is 9.90 Å². The average molecular weight is 469 g/mol. The molecule has 0 unspecified atom stereocenters. The van der Waals surface area contributed by atoms with Crippen molar-refractivity contribution in [3.05, 3.63) is 57.6 Å². The van der Waals surface area contributed by atoms with E-state index in [-0.39, 0.29) is 0 Å². The number of halogens is 2. The molecule has 5 nitrogen and oxygen atoms in total. The first-order chi connectivity index (χ1) is 13.7. The topological polar surface area (TPSA) is 72.3 Å². The molecule has 0 spiro atoms. The number of aliphatic carboxylic acids is 1. The third kappa shape index (κ3) is 5.85. The highest BCUT2D eigenvalue weighted by molar-refractivity contribution is 8.02. The Kier molecular flexibility index (Phi) is 7.05. The maximum atomic E-state index is 11.2. The van der Waals surface area contributed by atoms with E-state index in [0.29, 0.717) is 29.0 Å². The molecule has 0 aliphatic heterocycles. The summed E-state index contributed by atoms with van der Waals surface area (Å²) in [7, 11) is 0. The summed E-state index contributed by atoms with van der Waals surface area (Å²) >= 11 is 14.7. The Morgan fingerprint density at radius 2 is 1.97 bits per heavy atom. The van der Waals surface area contributed by atoms with E-state index in [4.69, 9.17) is 27.9 Å². The number of thioether (sulfide) groups is 1. The number of carboxylic acids is 1. The lowest BCUT2D eigenvalue weighted by molar-refractivity contribution is -0.138. The minimum atomic E-state index is -0.911. The second kappa shape index (κ2) is 9.34. The van der Waals surface area contributed by atoms with Gasteiger partial charge in [-0.1, -0.05) is 41.0 Å². The Morgan fingerprint density at radius 3 is 2.62 bits per heavy atom. The Morgan fingerprint density at radius 1 is 1.21 bits per heavy atom. The van der Waals surface area contributed by atoms with Crippen LogP contribution in [-0.4, -0.2) is 32.4 Å². The predicted molar refractivity (Wildman–Crippen MR) is 119 cm³/mol. The molecule has 0 aliphatic carbocycles. The summed E-state index contributed by atoms with van der Waals surface area (Å²) in [4.78, 5) is 20.0. The zero-order chi connectivity index (χ0) is 21.0. The van der Waals surface area contributed by atoms with Crippen molar-refractivity contribution in [1.29, 1.82) is 0 Å². The first kappa shape index (κ1) is 21.9. The van der Waals surface area contributed by atoms with Crippen molar-refractivity contribution in [3.63, 3.8) is 0 Å². The summed E-state index contributed by atoms with van der Waals surface area (Å²) in [5.74, 6) is -0.344. The normalized spacial score (nSPS) is 11.4. The van der Waals surface area contributed by atoms with Crippen LogP contribution < -0.4 is 4.74 Å². The summed E-state index contributed by atoms with van der Waals surface area (Å²) in [5.41, 5.74) is 2.71. The first-order valence-corrected chi connectivity index (χ1v) is 11.1. The SMILES string of the molecule is CC(C)(Sc1nc(CCOc2ccc(-c3ccc(Cl)c(Cl)c3)cn2)cs1)C(=O)O. The number of carboxylic acid groups (broad SMARTS) is 1. The van der Waals surface area contributed by atoms with Crippen LogP contribution in [0, 0.1) is 0 Å². The minimum Gasteiger partial charge on any atom is -0.480 e. The van der Waals surface area contributed by atoms with E-state index < -0.39 is 10.7 Å². The molecule has 0 atom stereocenters. The molecule has 2 aromatic heterocycles. The van der Waals surface area contributed by atoms with Crippen molar-refractivity contribution in [2.75, 3.05) is 6.61 Å². The average Bonchev–Trinajstić information content (AvgIpc) is 3.11. The van der Waals surface area contributed by atoms with Gasteiger partial charge in [-0.25, -0.2) is 9.97 Å². The van der Waals surface area contributed by atoms with Crippen molar-refractivity contribution in [2.45, 2.75) is 29.4 Å². The first-order valence-electron chi connectivity index (χ1n) is 8.66. The lowest BCUT2D eigenvalue weighted by Gasteiger charge is -2.15. The van der Waals surface area contributed by atoms with Crippen molar-refractivity contribution < 1.29 is 14.6 Å². The second-order valence-electron chi connectivity index (χ2n) is 6.63. The van der Waals surface area contributed by atoms with Crippen molar-refractivity contribution >= 4 is 52.3 Å². The lowest BCUT2D eigenvalue weighted by atomic mass is 10.1. The molecule has 0 bridgehead atoms. The van der Waals surface area contributed by atoms with Gasteiger partial charge in [-0.15, -0.1) is 11.3 Å². The monoisotopic (exact) mass is 468 g/mol.